The summed E-state index contributed by atoms with van der Waals surface area (Å²) in [5.41, 5.74) is 2.69. The van der Waals surface area contributed by atoms with Crippen LogP contribution in [0.1, 0.15) is 21.7 Å². The molecule has 5 nitrogen and oxygen atoms in total. The van der Waals surface area contributed by atoms with E-state index in [9.17, 15) is 4.79 Å². The summed E-state index contributed by atoms with van der Waals surface area (Å²) < 4.78 is 0. The fraction of sp³-hybridized carbons (Fsp3) is 0.429. The second kappa shape index (κ2) is 6.67. The van der Waals surface area contributed by atoms with Gasteiger partial charge in [0, 0.05) is 24.2 Å². The summed E-state index contributed by atoms with van der Waals surface area (Å²) in [6, 6.07) is 1.87. The second-order valence-corrected chi connectivity index (χ2v) is 5.80. The molecule has 0 saturated carbocycles. The molecule has 0 bridgehead atoms. The highest BCUT2D eigenvalue weighted by Gasteiger charge is 2.18. The fourth-order valence-electron chi connectivity index (χ4n) is 1.87. The predicted octanol–water partition coefficient (Wildman–Crippen LogP) is 1.98. The second-order valence-electron chi connectivity index (χ2n) is 5.02. The van der Waals surface area contributed by atoms with Crippen molar-refractivity contribution < 1.29 is 4.79 Å². The van der Waals surface area contributed by atoms with Crippen molar-refractivity contribution >= 4 is 17.2 Å². The number of carbonyl (C=O) groups excluding carboxylic acids is 1. The van der Waals surface area contributed by atoms with Gasteiger partial charge in [-0.1, -0.05) is 0 Å². The van der Waals surface area contributed by atoms with Crippen LogP contribution in [0, 0.1) is 6.92 Å². The van der Waals surface area contributed by atoms with Crippen molar-refractivity contribution in [2.45, 2.75) is 13.5 Å². The average Bonchev–Trinajstić information content (AvgIpc) is 3.05. The summed E-state index contributed by atoms with van der Waals surface area (Å²) in [6.07, 6.45) is 1.67. The minimum absolute atomic E-state index is 0.0653. The van der Waals surface area contributed by atoms with Crippen LogP contribution in [0.25, 0.3) is 0 Å². The molecule has 0 aliphatic heterocycles. The summed E-state index contributed by atoms with van der Waals surface area (Å²) in [5.74, 6) is 0.0653. The van der Waals surface area contributed by atoms with E-state index >= 15 is 0 Å². The maximum atomic E-state index is 12.5. The highest BCUT2D eigenvalue weighted by Crippen LogP contribution is 2.13. The summed E-state index contributed by atoms with van der Waals surface area (Å²) in [6.45, 7) is 4.03. The number of imidazole rings is 1. The number of aromatic nitrogens is 2. The SMILES string of the molecule is Cc1[nH]cnc1CN(CCN(C)C)C(=O)c1ccsc1. The summed E-state index contributed by atoms with van der Waals surface area (Å²) in [4.78, 5) is 23.8. The Kier molecular flexibility index (Phi) is 4.92. The monoisotopic (exact) mass is 292 g/mol. The first-order valence-corrected chi connectivity index (χ1v) is 7.47. The largest absolute Gasteiger partial charge is 0.348 e. The van der Waals surface area contributed by atoms with E-state index in [1.165, 1.54) is 0 Å². The first-order chi connectivity index (χ1) is 9.58. The number of nitrogens with one attached hydrogen (secondary N) is 1. The van der Waals surface area contributed by atoms with Crippen LogP contribution in [-0.2, 0) is 6.54 Å². The molecule has 0 aliphatic carbocycles. The van der Waals surface area contributed by atoms with E-state index in [4.69, 9.17) is 0 Å². The van der Waals surface area contributed by atoms with E-state index in [-0.39, 0.29) is 5.91 Å². The molecule has 0 radical (unpaired) electrons. The number of likely N-dealkylation sites (N-methyl/N-ethyl adjacent to an activating group) is 1. The van der Waals surface area contributed by atoms with E-state index in [2.05, 4.69) is 14.9 Å². The zero-order valence-electron chi connectivity index (χ0n) is 12.1. The van der Waals surface area contributed by atoms with Gasteiger partial charge in [0.1, 0.15) is 0 Å². The van der Waals surface area contributed by atoms with Gasteiger partial charge in [0.2, 0.25) is 0 Å². The number of rotatable bonds is 6. The number of H-pyrrole nitrogens is 1. The predicted molar refractivity (Wildman–Crippen MR) is 80.9 cm³/mol. The minimum atomic E-state index is 0.0653. The van der Waals surface area contributed by atoms with Gasteiger partial charge >= 0.3 is 0 Å². The average molecular weight is 292 g/mol. The van der Waals surface area contributed by atoms with Crippen LogP contribution in [0.15, 0.2) is 23.2 Å². The highest BCUT2D eigenvalue weighted by molar-refractivity contribution is 7.08. The van der Waals surface area contributed by atoms with Crippen LogP contribution in [0.3, 0.4) is 0 Å². The zero-order valence-corrected chi connectivity index (χ0v) is 12.9. The highest BCUT2D eigenvalue weighted by atomic mass is 32.1. The first kappa shape index (κ1) is 14.7. The van der Waals surface area contributed by atoms with Gasteiger partial charge < -0.3 is 14.8 Å². The van der Waals surface area contributed by atoms with Crippen LogP contribution in [0.5, 0.6) is 0 Å². The van der Waals surface area contributed by atoms with Gasteiger partial charge in [0.05, 0.1) is 24.1 Å². The van der Waals surface area contributed by atoms with Gasteiger partial charge in [0.25, 0.3) is 5.91 Å². The summed E-state index contributed by atoms with van der Waals surface area (Å²) >= 11 is 1.54. The first-order valence-electron chi connectivity index (χ1n) is 6.53. The smallest absolute Gasteiger partial charge is 0.255 e. The lowest BCUT2D eigenvalue weighted by atomic mass is 10.2. The van der Waals surface area contributed by atoms with E-state index < -0.39 is 0 Å². The van der Waals surface area contributed by atoms with E-state index in [1.807, 2.05) is 42.7 Å². The van der Waals surface area contributed by atoms with Gasteiger partial charge in [-0.05, 0) is 32.5 Å². The van der Waals surface area contributed by atoms with Gasteiger partial charge in [-0.15, -0.1) is 0 Å². The Hall–Kier alpha value is -1.66. The molecular weight excluding hydrogens is 272 g/mol. The molecule has 2 aromatic rings. The molecule has 0 aromatic carbocycles. The maximum Gasteiger partial charge on any atom is 0.255 e. The van der Waals surface area contributed by atoms with E-state index in [0.29, 0.717) is 13.1 Å². The normalized spacial score (nSPS) is 11.0. The van der Waals surface area contributed by atoms with Gasteiger partial charge in [-0.25, -0.2) is 4.98 Å². The molecule has 2 aromatic heterocycles. The third kappa shape index (κ3) is 3.68. The third-order valence-electron chi connectivity index (χ3n) is 3.15. The van der Waals surface area contributed by atoms with Crippen LogP contribution >= 0.6 is 11.3 Å². The standard InChI is InChI=1S/C14H20N4OS/c1-11-13(16-10-15-11)8-18(6-5-17(2)3)14(19)12-4-7-20-9-12/h4,7,9-10H,5-6,8H2,1-3H3,(H,15,16). The van der Waals surface area contributed by atoms with Crippen LogP contribution in [0.4, 0.5) is 0 Å². The molecule has 0 aliphatic rings. The van der Waals surface area contributed by atoms with Crippen molar-refractivity contribution in [2.24, 2.45) is 0 Å². The van der Waals surface area contributed by atoms with E-state index in [0.717, 1.165) is 23.5 Å². The molecule has 0 saturated heterocycles. The Bertz CT molecular complexity index is 547. The van der Waals surface area contributed by atoms with Crippen molar-refractivity contribution in [3.05, 3.63) is 40.1 Å². The lowest BCUT2D eigenvalue weighted by Gasteiger charge is -2.23. The van der Waals surface area contributed by atoms with E-state index in [1.54, 1.807) is 17.7 Å². The molecule has 0 spiro atoms. The van der Waals surface area contributed by atoms with Crippen LogP contribution < -0.4 is 0 Å². The number of amides is 1. The van der Waals surface area contributed by atoms with Crippen molar-refractivity contribution in [1.29, 1.82) is 0 Å². The van der Waals surface area contributed by atoms with Crippen LogP contribution in [0.2, 0.25) is 0 Å². The topological polar surface area (TPSA) is 52.2 Å². The molecule has 6 heteroatoms. The minimum Gasteiger partial charge on any atom is -0.348 e. The molecule has 1 N–H and O–H groups in total. The molecule has 0 unspecified atom stereocenters. The molecule has 2 heterocycles. The Morgan fingerprint density at radius 1 is 1.40 bits per heavy atom. The maximum absolute atomic E-state index is 12.5. The Labute approximate surface area is 123 Å². The molecular formula is C14H20N4OS. The third-order valence-corrected chi connectivity index (χ3v) is 3.83. The zero-order chi connectivity index (χ0) is 14.5. The number of hydrogen-bond donors (Lipinski definition) is 1. The van der Waals surface area contributed by atoms with Crippen LogP contribution in [-0.4, -0.2) is 52.9 Å². The number of hydrogen-bond acceptors (Lipinski definition) is 4. The van der Waals surface area contributed by atoms with Crippen molar-refractivity contribution in [2.75, 3.05) is 27.2 Å². The number of carbonyl (C=O) groups is 1. The van der Waals surface area contributed by atoms with Crippen molar-refractivity contribution in [3.8, 4) is 0 Å². The Balaban J connectivity index is 2.12. The molecule has 20 heavy (non-hydrogen) atoms. The number of nitrogens with zero attached hydrogens (tertiary/aromatic N) is 3. The number of aromatic amines is 1. The summed E-state index contributed by atoms with van der Waals surface area (Å²) in [7, 11) is 4.01. The molecule has 0 fully saturated rings. The molecule has 108 valence electrons. The quantitative estimate of drug-likeness (QED) is 0.886. The number of aryl methyl sites for hydroxylation is 1. The van der Waals surface area contributed by atoms with Gasteiger partial charge in [0.15, 0.2) is 0 Å². The Morgan fingerprint density at radius 3 is 2.75 bits per heavy atom. The molecule has 0 atom stereocenters. The molecule has 2 rings (SSSR count). The van der Waals surface area contributed by atoms with Crippen molar-refractivity contribution in [3.63, 3.8) is 0 Å². The van der Waals surface area contributed by atoms with Gasteiger partial charge in [-0.3, -0.25) is 4.79 Å². The summed E-state index contributed by atoms with van der Waals surface area (Å²) in [5, 5.41) is 3.82. The van der Waals surface area contributed by atoms with Gasteiger partial charge in [-0.2, -0.15) is 11.3 Å². The Morgan fingerprint density at radius 2 is 2.20 bits per heavy atom. The molecule has 1 amide bonds. The lowest BCUT2D eigenvalue weighted by Crippen LogP contribution is -2.36. The fourth-order valence-corrected chi connectivity index (χ4v) is 2.50. The number of thiophene rings is 1. The van der Waals surface area contributed by atoms with Crippen molar-refractivity contribution in [1.82, 2.24) is 19.8 Å². The lowest BCUT2D eigenvalue weighted by molar-refractivity contribution is 0.0730.